The average molecular weight is 371 g/mol. The van der Waals surface area contributed by atoms with Crippen LogP contribution in [-0.4, -0.2) is 6.03 Å². The first-order valence-electron chi connectivity index (χ1n) is 7.02. The Labute approximate surface area is 139 Å². The summed E-state index contributed by atoms with van der Waals surface area (Å²) in [6.45, 7) is 0. The molecular weight excluding hydrogens is 360 g/mol. The molecule has 3 aromatic rings. The molecule has 2 aromatic carbocycles. The minimum absolute atomic E-state index is 0.346. The van der Waals surface area contributed by atoms with Crippen LogP contribution in [0.1, 0.15) is 17.2 Å². The van der Waals surface area contributed by atoms with Gasteiger partial charge in [0.05, 0.1) is 17.3 Å². The van der Waals surface area contributed by atoms with Crippen molar-refractivity contribution in [1.29, 1.82) is 0 Å². The number of rotatable bonds is 1. The van der Waals surface area contributed by atoms with Crippen molar-refractivity contribution in [1.82, 2.24) is 5.32 Å². The molecule has 1 aliphatic rings. The molecule has 1 aromatic heterocycles. The Balaban J connectivity index is 2.00. The highest BCUT2D eigenvalue weighted by Gasteiger charge is 2.31. The minimum Gasteiger partial charge on any atom is -0.422 e. The van der Waals surface area contributed by atoms with Gasteiger partial charge in [-0.05, 0) is 29.8 Å². The summed E-state index contributed by atoms with van der Waals surface area (Å²) in [5, 5.41) is 6.23. The predicted molar refractivity (Wildman–Crippen MR) is 90.6 cm³/mol. The zero-order chi connectivity index (χ0) is 16.0. The first-order chi connectivity index (χ1) is 11.1. The smallest absolute Gasteiger partial charge is 0.344 e. The van der Waals surface area contributed by atoms with Crippen LogP contribution in [0.2, 0.25) is 0 Å². The van der Waals surface area contributed by atoms with Gasteiger partial charge in [-0.1, -0.05) is 40.2 Å². The van der Waals surface area contributed by atoms with Crippen LogP contribution in [0, 0.1) is 0 Å². The SMILES string of the molecule is O=C1Nc2c(c(=O)oc3ccccc23)C(c2ccc(Br)cc2)N1. The molecular formula is C17H11BrN2O3. The summed E-state index contributed by atoms with van der Waals surface area (Å²) < 4.78 is 6.34. The normalized spacial score (nSPS) is 16.6. The van der Waals surface area contributed by atoms with E-state index in [4.69, 9.17) is 4.42 Å². The third kappa shape index (κ3) is 2.31. The number of anilines is 1. The molecule has 0 fully saturated rings. The fraction of sp³-hybridized carbons (Fsp3) is 0.0588. The highest BCUT2D eigenvalue weighted by atomic mass is 79.9. The molecule has 23 heavy (non-hydrogen) atoms. The average Bonchev–Trinajstić information content (AvgIpc) is 2.55. The summed E-state index contributed by atoms with van der Waals surface area (Å²) in [5.41, 5.74) is 1.72. The Morgan fingerprint density at radius 3 is 2.52 bits per heavy atom. The number of benzene rings is 2. The van der Waals surface area contributed by atoms with Crippen molar-refractivity contribution in [3.05, 3.63) is 74.6 Å². The lowest BCUT2D eigenvalue weighted by Crippen LogP contribution is -2.41. The summed E-state index contributed by atoms with van der Waals surface area (Å²) in [6.07, 6.45) is 0. The van der Waals surface area contributed by atoms with Gasteiger partial charge in [0.15, 0.2) is 0 Å². The van der Waals surface area contributed by atoms with Crippen LogP contribution >= 0.6 is 15.9 Å². The van der Waals surface area contributed by atoms with Gasteiger partial charge in [0.1, 0.15) is 5.58 Å². The lowest BCUT2D eigenvalue weighted by molar-refractivity contribution is 0.248. The van der Waals surface area contributed by atoms with Crippen LogP contribution in [0.4, 0.5) is 10.5 Å². The van der Waals surface area contributed by atoms with E-state index in [1.165, 1.54) is 0 Å². The monoisotopic (exact) mass is 370 g/mol. The summed E-state index contributed by atoms with van der Waals surface area (Å²) in [7, 11) is 0. The van der Waals surface area contributed by atoms with Gasteiger partial charge in [-0.25, -0.2) is 9.59 Å². The van der Waals surface area contributed by atoms with E-state index >= 15 is 0 Å². The fourth-order valence-electron chi connectivity index (χ4n) is 2.82. The highest BCUT2D eigenvalue weighted by molar-refractivity contribution is 9.10. The van der Waals surface area contributed by atoms with Crippen molar-refractivity contribution < 1.29 is 9.21 Å². The molecule has 1 aliphatic heterocycles. The van der Waals surface area contributed by atoms with Crippen LogP contribution in [0.5, 0.6) is 0 Å². The van der Waals surface area contributed by atoms with Crippen LogP contribution in [0.3, 0.4) is 0 Å². The van der Waals surface area contributed by atoms with Crippen molar-refractivity contribution in [2.24, 2.45) is 0 Å². The number of halogens is 1. The molecule has 1 unspecified atom stereocenters. The lowest BCUT2D eigenvalue weighted by atomic mass is 9.96. The van der Waals surface area contributed by atoms with E-state index in [1.54, 1.807) is 12.1 Å². The quantitative estimate of drug-likeness (QED) is 0.640. The third-order valence-electron chi connectivity index (χ3n) is 3.85. The Bertz CT molecular complexity index is 979. The molecule has 5 nitrogen and oxygen atoms in total. The van der Waals surface area contributed by atoms with Crippen LogP contribution in [0.25, 0.3) is 11.0 Å². The number of hydrogen-bond donors (Lipinski definition) is 2. The third-order valence-corrected chi connectivity index (χ3v) is 4.38. The number of amides is 2. The zero-order valence-electron chi connectivity index (χ0n) is 11.8. The molecule has 4 rings (SSSR count). The van der Waals surface area contributed by atoms with E-state index in [9.17, 15) is 9.59 Å². The number of urea groups is 1. The summed E-state index contributed by atoms with van der Waals surface area (Å²) >= 11 is 3.38. The maximum Gasteiger partial charge on any atom is 0.344 e. The zero-order valence-corrected chi connectivity index (χ0v) is 13.4. The van der Waals surface area contributed by atoms with Crippen LogP contribution in [-0.2, 0) is 0 Å². The van der Waals surface area contributed by atoms with Crippen molar-refractivity contribution in [2.45, 2.75) is 6.04 Å². The summed E-state index contributed by atoms with van der Waals surface area (Å²) in [4.78, 5) is 24.5. The second-order valence-electron chi connectivity index (χ2n) is 5.26. The highest BCUT2D eigenvalue weighted by Crippen LogP contribution is 2.34. The minimum atomic E-state index is -0.548. The Morgan fingerprint density at radius 2 is 1.74 bits per heavy atom. The summed E-state index contributed by atoms with van der Waals surface area (Å²) in [6, 6.07) is 13.7. The lowest BCUT2D eigenvalue weighted by Gasteiger charge is -2.27. The molecule has 0 radical (unpaired) electrons. The van der Waals surface area contributed by atoms with E-state index < -0.39 is 11.7 Å². The number of fused-ring (bicyclic) bond motifs is 3. The Morgan fingerprint density at radius 1 is 1.00 bits per heavy atom. The van der Waals surface area contributed by atoms with Crippen molar-refractivity contribution in [3.8, 4) is 0 Å². The van der Waals surface area contributed by atoms with Gasteiger partial charge in [0.2, 0.25) is 0 Å². The largest absolute Gasteiger partial charge is 0.422 e. The molecule has 114 valence electrons. The molecule has 2 N–H and O–H groups in total. The maximum absolute atomic E-state index is 12.5. The van der Waals surface area contributed by atoms with E-state index in [0.29, 0.717) is 22.2 Å². The molecule has 0 saturated heterocycles. The number of hydrogen-bond acceptors (Lipinski definition) is 3. The number of para-hydroxylation sites is 1. The van der Waals surface area contributed by atoms with Gasteiger partial charge in [0.25, 0.3) is 0 Å². The van der Waals surface area contributed by atoms with E-state index in [-0.39, 0.29) is 6.03 Å². The van der Waals surface area contributed by atoms with Crippen LogP contribution in [0.15, 0.2) is 62.2 Å². The Hall–Kier alpha value is -2.60. The maximum atomic E-state index is 12.5. The first-order valence-corrected chi connectivity index (χ1v) is 7.81. The molecule has 0 bridgehead atoms. The molecule has 0 spiro atoms. The predicted octanol–water partition coefficient (Wildman–Crippen LogP) is 3.78. The topological polar surface area (TPSA) is 71.3 Å². The van der Waals surface area contributed by atoms with Crippen LogP contribution < -0.4 is 16.3 Å². The molecule has 1 atom stereocenters. The van der Waals surface area contributed by atoms with Crippen molar-refractivity contribution in [3.63, 3.8) is 0 Å². The molecule has 0 saturated carbocycles. The Kier molecular flexibility index (Phi) is 3.20. The molecule has 0 aliphatic carbocycles. The first kappa shape index (κ1) is 14.0. The number of carbonyl (C=O) groups excluding carboxylic acids is 1. The molecule has 6 heteroatoms. The molecule has 2 heterocycles. The van der Waals surface area contributed by atoms with E-state index in [1.807, 2.05) is 36.4 Å². The van der Waals surface area contributed by atoms with Gasteiger partial charge >= 0.3 is 11.7 Å². The number of carbonyl (C=O) groups is 1. The van der Waals surface area contributed by atoms with E-state index in [2.05, 4.69) is 26.6 Å². The van der Waals surface area contributed by atoms with Gasteiger partial charge in [-0.2, -0.15) is 0 Å². The standard InChI is InChI=1S/C17H11BrN2O3/c18-10-7-5-9(6-8-10)14-13-15(20-17(22)19-14)11-3-1-2-4-12(11)23-16(13)21/h1-8,14H,(H2,19,20,22). The second kappa shape index (κ2) is 5.24. The van der Waals surface area contributed by atoms with Gasteiger partial charge in [-0.3, -0.25) is 0 Å². The van der Waals surface area contributed by atoms with Gasteiger partial charge in [-0.15, -0.1) is 0 Å². The summed E-state index contributed by atoms with van der Waals surface area (Å²) in [5.74, 6) is 0. The van der Waals surface area contributed by atoms with Gasteiger partial charge in [0, 0.05) is 9.86 Å². The fourth-order valence-corrected chi connectivity index (χ4v) is 3.08. The molecule has 2 amide bonds. The van der Waals surface area contributed by atoms with Gasteiger partial charge < -0.3 is 15.1 Å². The van der Waals surface area contributed by atoms with Crippen molar-refractivity contribution in [2.75, 3.05) is 5.32 Å². The van der Waals surface area contributed by atoms with Crippen molar-refractivity contribution >= 4 is 38.6 Å². The van der Waals surface area contributed by atoms with E-state index in [0.717, 1.165) is 10.0 Å². The second-order valence-corrected chi connectivity index (χ2v) is 6.17. The number of nitrogens with one attached hydrogen (secondary N) is 2.